The Bertz CT molecular complexity index is 425. The quantitative estimate of drug-likeness (QED) is 0.756. The lowest BCUT2D eigenvalue weighted by atomic mass is 10.1. The number of likely N-dealkylation sites (tertiary alicyclic amines) is 1. The summed E-state index contributed by atoms with van der Waals surface area (Å²) in [5.74, 6) is -0.0510. The zero-order valence-electron chi connectivity index (χ0n) is 9.91. The van der Waals surface area contributed by atoms with Crippen molar-refractivity contribution in [2.75, 3.05) is 13.1 Å². The summed E-state index contributed by atoms with van der Waals surface area (Å²) in [6.45, 7) is 1.17. The maximum atomic E-state index is 11.8. The molecule has 0 aliphatic carbocycles. The van der Waals surface area contributed by atoms with Crippen LogP contribution in [-0.4, -0.2) is 44.9 Å². The lowest BCUT2D eigenvalue weighted by molar-refractivity contribution is -0.128. The number of β-amino-alcohol motifs (C(OH)–C–C–N with tert-alkyl or cyclic N) is 1. The fourth-order valence-electron chi connectivity index (χ4n) is 1.96. The Morgan fingerprint density at radius 3 is 3.12 bits per heavy atom. The average Bonchev–Trinajstić information content (AvgIpc) is 2.72. The van der Waals surface area contributed by atoms with Gasteiger partial charge in [0.25, 0.3) is 0 Å². The van der Waals surface area contributed by atoms with E-state index in [9.17, 15) is 9.90 Å². The lowest BCUT2D eigenvalue weighted by Gasteiger charge is -2.29. The number of amides is 1. The second-order valence-electron chi connectivity index (χ2n) is 4.29. The molecule has 0 saturated carbocycles. The first-order valence-corrected chi connectivity index (χ1v) is 5.80. The molecular formula is C12H17N3O2. The zero-order chi connectivity index (χ0) is 12.3. The topological polar surface area (TPSA) is 58.4 Å². The van der Waals surface area contributed by atoms with E-state index in [1.807, 2.05) is 13.1 Å². The van der Waals surface area contributed by atoms with Crippen molar-refractivity contribution >= 4 is 12.0 Å². The third kappa shape index (κ3) is 2.94. The van der Waals surface area contributed by atoms with Crippen molar-refractivity contribution in [2.24, 2.45) is 7.05 Å². The number of aryl methyl sites for hydroxylation is 1. The fourth-order valence-corrected chi connectivity index (χ4v) is 1.96. The molecule has 0 aromatic carbocycles. The SMILES string of the molecule is Cn1nccc1/C=C/C(=O)N1CCC[C@H](O)C1. The van der Waals surface area contributed by atoms with E-state index < -0.39 is 0 Å². The monoisotopic (exact) mass is 235 g/mol. The number of nitrogens with zero attached hydrogens (tertiary/aromatic N) is 3. The van der Waals surface area contributed by atoms with E-state index in [2.05, 4.69) is 5.10 Å². The van der Waals surface area contributed by atoms with Gasteiger partial charge < -0.3 is 10.0 Å². The Labute approximate surface area is 100 Å². The molecule has 2 rings (SSSR count). The molecule has 1 aliphatic rings. The highest BCUT2D eigenvalue weighted by Gasteiger charge is 2.20. The minimum absolute atomic E-state index is 0.0510. The van der Waals surface area contributed by atoms with Crippen LogP contribution in [0.25, 0.3) is 6.08 Å². The number of aromatic nitrogens is 2. The lowest BCUT2D eigenvalue weighted by Crippen LogP contribution is -2.41. The van der Waals surface area contributed by atoms with Crippen molar-refractivity contribution in [1.82, 2.24) is 14.7 Å². The minimum atomic E-state index is -0.377. The zero-order valence-corrected chi connectivity index (χ0v) is 9.91. The summed E-state index contributed by atoms with van der Waals surface area (Å²) < 4.78 is 1.70. The Hall–Kier alpha value is -1.62. The van der Waals surface area contributed by atoms with E-state index in [1.54, 1.807) is 21.9 Å². The van der Waals surface area contributed by atoms with Gasteiger partial charge in [0.15, 0.2) is 0 Å². The molecule has 1 aromatic heterocycles. The molecule has 1 fully saturated rings. The minimum Gasteiger partial charge on any atom is -0.391 e. The predicted molar refractivity (Wildman–Crippen MR) is 64.1 cm³/mol. The highest BCUT2D eigenvalue weighted by atomic mass is 16.3. The Morgan fingerprint density at radius 2 is 2.47 bits per heavy atom. The molecule has 2 heterocycles. The number of aliphatic hydroxyl groups is 1. The van der Waals surface area contributed by atoms with Crippen LogP contribution in [0.4, 0.5) is 0 Å². The second-order valence-corrected chi connectivity index (χ2v) is 4.29. The number of hydrogen-bond acceptors (Lipinski definition) is 3. The van der Waals surface area contributed by atoms with Gasteiger partial charge in [0.2, 0.25) is 5.91 Å². The van der Waals surface area contributed by atoms with Crippen LogP contribution >= 0.6 is 0 Å². The van der Waals surface area contributed by atoms with Gasteiger partial charge >= 0.3 is 0 Å². The van der Waals surface area contributed by atoms with Gasteiger partial charge in [-0.1, -0.05) is 0 Å². The molecule has 5 nitrogen and oxygen atoms in total. The third-order valence-corrected chi connectivity index (χ3v) is 2.96. The van der Waals surface area contributed by atoms with Crippen LogP contribution in [0.3, 0.4) is 0 Å². The molecular weight excluding hydrogens is 218 g/mol. The van der Waals surface area contributed by atoms with Crippen molar-refractivity contribution in [3.05, 3.63) is 24.0 Å². The first kappa shape index (κ1) is 11.9. The molecule has 0 bridgehead atoms. The molecule has 5 heteroatoms. The molecule has 1 N–H and O–H groups in total. The Balaban J connectivity index is 1.97. The van der Waals surface area contributed by atoms with Gasteiger partial charge in [-0.25, -0.2) is 0 Å². The number of piperidine rings is 1. The van der Waals surface area contributed by atoms with Gasteiger partial charge in [-0.15, -0.1) is 0 Å². The summed E-state index contributed by atoms with van der Waals surface area (Å²) in [6, 6.07) is 1.84. The van der Waals surface area contributed by atoms with Gasteiger partial charge in [0, 0.05) is 32.4 Å². The third-order valence-electron chi connectivity index (χ3n) is 2.96. The van der Waals surface area contributed by atoms with Gasteiger partial charge in [0.05, 0.1) is 11.8 Å². The van der Waals surface area contributed by atoms with Crippen molar-refractivity contribution in [3.8, 4) is 0 Å². The molecule has 92 valence electrons. The highest BCUT2D eigenvalue weighted by molar-refractivity contribution is 5.91. The van der Waals surface area contributed by atoms with E-state index in [1.165, 1.54) is 6.08 Å². The molecule has 1 atom stereocenters. The molecule has 1 saturated heterocycles. The normalized spacial score (nSPS) is 21.1. The largest absolute Gasteiger partial charge is 0.391 e. The van der Waals surface area contributed by atoms with Gasteiger partial charge in [0.1, 0.15) is 0 Å². The van der Waals surface area contributed by atoms with Crippen LogP contribution in [-0.2, 0) is 11.8 Å². The molecule has 1 aliphatic heterocycles. The summed E-state index contributed by atoms with van der Waals surface area (Å²) in [7, 11) is 1.83. The first-order valence-electron chi connectivity index (χ1n) is 5.80. The molecule has 0 spiro atoms. The summed E-state index contributed by atoms with van der Waals surface area (Å²) >= 11 is 0. The van der Waals surface area contributed by atoms with E-state index >= 15 is 0 Å². The smallest absolute Gasteiger partial charge is 0.246 e. The maximum absolute atomic E-state index is 11.8. The number of rotatable bonds is 2. The Morgan fingerprint density at radius 1 is 1.65 bits per heavy atom. The molecule has 0 radical (unpaired) electrons. The van der Waals surface area contributed by atoms with Gasteiger partial charge in [-0.05, 0) is 25.0 Å². The van der Waals surface area contributed by atoms with Crippen LogP contribution in [0.1, 0.15) is 18.5 Å². The van der Waals surface area contributed by atoms with Crippen LogP contribution in [0.5, 0.6) is 0 Å². The van der Waals surface area contributed by atoms with E-state index in [-0.39, 0.29) is 12.0 Å². The second kappa shape index (κ2) is 5.14. The van der Waals surface area contributed by atoms with Crippen molar-refractivity contribution < 1.29 is 9.90 Å². The summed E-state index contributed by atoms with van der Waals surface area (Å²) in [6.07, 6.45) is 6.25. The Kier molecular flexibility index (Phi) is 3.58. The predicted octanol–water partition coefficient (Wildman–Crippen LogP) is 0.417. The number of aliphatic hydroxyl groups excluding tert-OH is 1. The highest BCUT2D eigenvalue weighted by Crippen LogP contribution is 2.10. The molecule has 1 amide bonds. The van der Waals surface area contributed by atoms with E-state index in [0.717, 1.165) is 25.1 Å². The van der Waals surface area contributed by atoms with Gasteiger partial charge in [-0.3, -0.25) is 9.48 Å². The number of carbonyl (C=O) groups excluding carboxylic acids is 1. The summed E-state index contributed by atoms with van der Waals surface area (Å²) in [5.41, 5.74) is 0.885. The molecule has 17 heavy (non-hydrogen) atoms. The molecule has 1 aromatic rings. The van der Waals surface area contributed by atoms with E-state index in [0.29, 0.717) is 6.54 Å². The van der Waals surface area contributed by atoms with Crippen molar-refractivity contribution in [3.63, 3.8) is 0 Å². The summed E-state index contributed by atoms with van der Waals surface area (Å²) in [4.78, 5) is 13.5. The van der Waals surface area contributed by atoms with Crippen LogP contribution in [0, 0.1) is 0 Å². The number of hydrogen-bond donors (Lipinski definition) is 1. The van der Waals surface area contributed by atoms with Crippen molar-refractivity contribution in [2.45, 2.75) is 18.9 Å². The van der Waals surface area contributed by atoms with E-state index in [4.69, 9.17) is 0 Å². The average molecular weight is 235 g/mol. The first-order chi connectivity index (χ1) is 8.16. The van der Waals surface area contributed by atoms with Crippen molar-refractivity contribution in [1.29, 1.82) is 0 Å². The fraction of sp³-hybridized carbons (Fsp3) is 0.500. The van der Waals surface area contributed by atoms with Gasteiger partial charge in [-0.2, -0.15) is 5.10 Å². The standard InChI is InChI=1S/C12H17N3O2/c1-14-10(6-7-13-14)4-5-12(17)15-8-2-3-11(16)9-15/h4-7,11,16H,2-3,8-9H2,1H3/b5-4+/t11-/m0/s1. The molecule has 0 unspecified atom stereocenters. The maximum Gasteiger partial charge on any atom is 0.246 e. The van der Waals surface area contributed by atoms with Crippen LogP contribution < -0.4 is 0 Å². The van der Waals surface area contributed by atoms with Crippen LogP contribution in [0.2, 0.25) is 0 Å². The number of carbonyl (C=O) groups is 1. The summed E-state index contributed by atoms with van der Waals surface area (Å²) in [5, 5.41) is 13.5. The van der Waals surface area contributed by atoms with Crippen LogP contribution in [0.15, 0.2) is 18.3 Å².